The summed E-state index contributed by atoms with van der Waals surface area (Å²) < 4.78 is 12.1. The largest absolute Gasteiger partial charge is 0.472 e. The molecule has 4 nitrogen and oxygen atoms in total. The number of hydrogen-bond donors (Lipinski definition) is 0. The minimum Gasteiger partial charge on any atom is -0.472 e. The molecular formula is C15H14BrNO3. The molecule has 5 heteroatoms. The number of benzene rings is 1. The standard InChI is InChI=1S/C15H14BrNO3/c1-2-6-17-12-4-3-10(8-13(12)20-15(17)18)14(16)11-5-7-19-9-11/h3-5,7-9,14H,2,6H2,1H3. The average Bonchev–Trinajstić information content (AvgIpc) is 3.07. The fraction of sp³-hybridized carbons (Fsp3) is 0.267. The zero-order valence-corrected chi connectivity index (χ0v) is 12.6. The lowest BCUT2D eigenvalue weighted by Crippen LogP contribution is -2.13. The van der Waals surface area contributed by atoms with Gasteiger partial charge < -0.3 is 8.83 Å². The number of alkyl halides is 1. The van der Waals surface area contributed by atoms with E-state index in [1.165, 1.54) is 0 Å². The second kappa shape index (κ2) is 5.32. The van der Waals surface area contributed by atoms with Crippen molar-refractivity contribution >= 4 is 27.0 Å². The van der Waals surface area contributed by atoms with E-state index in [0.29, 0.717) is 12.1 Å². The highest BCUT2D eigenvalue weighted by atomic mass is 79.9. The Balaban J connectivity index is 2.06. The van der Waals surface area contributed by atoms with Crippen LogP contribution in [0.15, 0.2) is 50.4 Å². The molecule has 0 amide bonds. The van der Waals surface area contributed by atoms with Crippen molar-refractivity contribution in [1.29, 1.82) is 0 Å². The van der Waals surface area contributed by atoms with E-state index in [4.69, 9.17) is 8.83 Å². The van der Waals surface area contributed by atoms with Crippen LogP contribution < -0.4 is 5.76 Å². The zero-order chi connectivity index (χ0) is 14.1. The van der Waals surface area contributed by atoms with Crippen LogP contribution in [0.2, 0.25) is 0 Å². The minimum absolute atomic E-state index is 0.0190. The van der Waals surface area contributed by atoms with E-state index in [2.05, 4.69) is 15.9 Å². The van der Waals surface area contributed by atoms with Gasteiger partial charge in [-0.05, 0) is 30.2 Å². The van der Waals surface area contributed by atoms with Crippen molar-refractivity contribution in [3.8, 4) is 0 Å². The predicted octanol–water partition coefficient (Wildman–Crippen LogP) is 4.08. The number of furan rings is 1. The van der Waals surface area contributed by atoms with Crippen molar-refractivity contribution in [2.75, 3.05) is 0 Å². The molecule has 0 fully saturated rings. The number of rotatable bonds is 4. The first-order valence-electron chi connectivity index (χ1n) is 6.50. The Kier molecular flexibility index (Phi) is 3.53. The van der Waals surface area contributed by atoms with Crippen LogP contribution in [0.5, 0.6) is 0 Å². The van der Waals surface area contributed by atoms with Crippen molar-refractivity contribution in [2.45, 2.75) is 24.7 Å². The topological polar surface area (TPSA) is 48.3 Å². The highest BCUT2D eigenvalue weighted by molar-refractivity contribution is 9.09. The van der Waals surface area contributed by atoms with Crippen LogP contribution in [0.25, 0.3) is 11.1 Å². The maximum Gasteiger partial charge on any atom is 0.419 e. The summed E-state index contributed by atoms with van der Waals surface area (Å²) >= 11 is 3.63. The van der Waals surface area contributed by atoms with Gasteiger partial charge in [0.1, 0.15) is 0 Å². The van der Waals surface area contributed by atoms with Gasteiger partial charge in [0.25, 0.3) is 0 Å². The van der Waals surface area contributed by atoms with E-state index in [0.717, 1.165) is 23.1 Å². The lowest BCUT2D eigenvalue weighted by molar-refractivity contribution is 0.502. The molecule has 0 aliphatic rings. The smallest absolute Gasteiger partial charge is 0.419 e. The van der Waals surface area contributed by atoms with Gasteiger partial charge in [-0.1, -0.05) is 28.9 Å². The molecule has 2 aromatic heterocycles. The third kappa shape index (κ3) is 2.22. The Morgan fingerprint density at radius 3 is 2.85 bits per heavy atom. The molecule has 0 N–H and O–H groups in total. The maximum absolute atomic E-state index is 11.8. The lowest BCUT2D eigenvalue weighted by Gasteiger charge is -2.07. The fourth-order valence-corrected chi connectivity index (χ4v) is 2.83. The van der Waals surface area contributed by atoms with Gasteiger partial charge in [-0.2, -0.15) is 0 Å². The van der Waals surface area contributed by atoms with Gasteiger partial charge in [-0.25, -0.2) is 4.79 Å². The SMILES string of the molecule is CCCn1c(=O)oc2cc(C(Br)c3ccoc3)ccc21. The Bertz CT molecular complexity index is 770. The average molecular weight is 336 g/mol. The number of fused-ring (bicyclic) bond motifs is 1. The van der Waals surface area contributed by atoms with Gasteiger partial charge >= 0.3 is 5.76 Å². The van der Waals surface area contributed by atoms with E-state index in [1.807, 2.05) is 31.2 Å². The van der Waals surface area contributed by atoms with Crippen LogP contribution in [0.1, 0.15) is 29.3 Å². The first-order chi connectivity index (χ1) is 9.70. The highest BCUT2D eigenvalue weighted by Gasteiger charge is 2.15. The lowest BCUT2D eigenvalue weighted by atomic mass is 10.1. The molecule has 0 aliphatic carbocycles. The summed E-state index contributed by atoms with van der Waals surface area (Å²) in [5.74, 6) is -0.298. The fourth-order valence-electron chi connectivity index (χ4n) is 2.29. The predicted molar refractivity (Wildman–Crippen MR) is 80.2 cm³/mol. The molecule has 20 heavy (non-hydrogen) atoms. The van der Waals surface area contributed by atoms with E-state index in [1.54, 1.807) is 17.1 Å². The first kappa shape index (κ1) is 13.2. The summed E-state index contributed by atoms with van der Waals surface area (Å²) in [5.41, 5.74) is 3.51. The first-order valence-corrected chi connectivity index (χ1v) is 7.41. The molecule has 0 saturated carbocycles. The van der Waals surface area contributed by atoms with Crippen LogP contribution in [-0.4, -0.2) is 4.57 Å². The normalized spacial score (nSPS) is 12.9. The van der Waals surface area contributed by atoms with E-state index >= 15 is 0 Å². The highest BCUT2D eigenvalue weighted by Crippen LogP contribution is 2.32. The summed E-state index contributed by atoms with van der Waals surface area (Å²) in [5, 5.41) is 0. The van der Waals surface area contributed by atoms with Crippen LogP contribution >= 0.6 is 15.9 Å². The molecule has 1 atom stereocenters. The van der Waals surface area contributed by atoms with E-state index < -0.39 is 0 Å². The van der Waals surface area contributed by atoms with Crippen LogP contribution in [0, 0.1) is 0 Å². The van der Waals surface area contributed by atoms with Crippen molar-refractivity contribution in [3.63, 3.8) is 0 Å². The second-order valence-electron chi connectivity index (χ2n) is 4.67. The minimum atomic E-state index is -0.298. The molecule has 3 aromatic rings. The van der Waals surface area contributed by atoms with Gasteiger partial charge in [-0.15, -0.1) is 0 Å². The third-order valence-corrected chi connectivity index (χ3v) is 4.33. The third-order valence-electron chi connectivity index (χ3n) is 3.27. The number of halogens is 1. The monoisotopic (exact) mass is 335 g/mol. The molecule has 104 valence electrons. The summed E-state index contributed by atoms with van der Waals surface area (Å²) in [4.78, 5) is 11.8. The number of aromatic nitrogens is 1. The van der Waals surface area contributed by atoms with Crippen molar-refractivity contribution in [1.82, 2.24) is 4.57 Å². The molecule has 1 unspecified atom stereocenters. The van der Waals surface area contributed by atoms with Gasteiger partial charge in [0.15, 0.2) is 5.58 Å². The van der Waals surface area contributed by atoms with Crippen molar-refractivity contribution in [3.05, 3.63) is 58.5 Å². The Morgan fingerprint density at radius 1 is 1.30 bits per heavy atom. The second-order valence-corrected chi connectivity index (χ2v) is 5.58. The summed E-state index contributed by atoms with van der Waals surface area (Å²) in [7, 11) is 0. The van der Waals surface area contributed by atoms with Gasteiger partial charge in [-0.3, -0.25) is 4.57 Å². The quantitative estimate of drug-likeness (QED) is 0.675. The van der Waals surface area contributed by atoms with Crippen molar-refractivity contribution in [2.24, 2.45) is 0 Å². The van der Waals surface area contributed by atoms with E-state index in [-0.39, 0.29) is 10.6 Å². The molecule has 1 aromatic carbocycles. The maximum atomic E-state index is 11.8. The van der Waals surface area contributed by atoms with Gasteiger partial charge in [0, 0.05) is 12.1 Å². The van der Waals surface area contributed by atoms with Crippen LogP contribution in [0.3, 0.4) is 0 Å². The summed E-state index contributed by atoms with van der Waals surface area (Å²) in [6.07, 6.45) is 4.23. The van der Waals surface area contributed by atoms with Gasteiger partial charge in [0.05, 0.1) is 22.9 Å². The van der Waals surface area contributed by atoms with Crippen molar-refractivity contribution < 1.29 is 8.83 Å². The molecule has 0 bridgehead atoms. The Morgan fingerprint density at radius 2 is 2.15 bits per heavy atom. The van der Waals surface area contributed by atoms with Crippen LogP contribution in [0.4, 0.5) is 0 Å². The number of oxazole rings is 1. The Labute approximate surface area is 124 Å². The molecule has 0 spiro atoms. The van der Waals surface area contributed by atoms with Gasteiger partial charge in [0.2, 0.25) is 0 Å². The van der Waals surface area contributed by atoms with Crippen LogP contribution in [-0.2, 0) is 6.54 Å². The Hall–Kier alpha value is -1.75. The zero-order valence-electron chi connectivity index (χ0n) is 11.0. The number of hydrogen-bond acceptors (Lipinski definition) is 3. The summed E-state index contributed by atoms with van der Waals surface area (Å²) in [6.45, 7) is 2.71. The molecule has 0 aliphatic heterocycles. The summed E-state index contributed by atoms with van der Waals surface area (Å²) in [6, 6.07) is 7.73. The number of aryl methyl sites for hydroxylation is 1. The molecule has 2 heterocycles. The molecule has 3 rings (SSSR count). The molecule has 0 saturated heterocycles. The molecule has 0 radical (unpaired) electrons. The number of nitrogens with zero attached hydrogens (tertiary/aromatic N) is 1. The van der Waals surface area contributed by atoms with E-state index in [9.17, 15) is 4.79 Å². The molecular weight excluding hydrogens is 322 g/mol.